The predicted octanol–water partition coefficient (Wildman–Crippen LogP) is 1.35. The lowest BCUT2D eigenvalue weighted by Gasteiger charge is -2.08. The van der Waals surface area contributed by atoms with E-state index in [1.807, 2.05) is 25.1 Å². The second-order valence-electron chi connectivity index (χ2n) is 3.55. The van der Waals surface area contributed by atoms with Crippen LogP contribution in [0.3, 0.4) is 0 Å². The fraction of sp³-hybridized carbons (Fsp3) is 0.364. The summed E-state index contributed by atoms with van der Waals surface area (Å²) in [5.41, 5.74) is 6.36. The van der Waals surface area contributed by atoms with Crippen molar-refractivity contribution in [3.63, 3.8) is 0 Å². The van der Waals surface area contributed by atoms with Gasteiger partial charge in [0, 0.05) is 17.6 Å². The van der Waals surface area contributed by atoms with Crippen LogP contribution in [-0.4, -0.2) is 18.5 Å². The first kappa shape index (κ1) is 12.0. The van der Waals surface area contributed by atoms with Crippen LogP contribution in [-0.2, 0) is 11.2 Å². The molecule has 0 saturated carbocycles. The molecule has 3 nitrogen and oxygen atoms in total. The van der Waals surface area contributed by atoms with Crippen LogP contribution < -0.4 is 11.1 Å². The van der Waals surface area contributed by atoms with E-state index in [1.54, 1.807) is 6.07 Å². The highest BCUT2D eigenvalue weighted by molar-refractivity contribution is 6.31. The van der Waals surface area contributed by atoms with E-state index in [0.717, 1.165) is 5.56 Å². The van der Waals surface area contributed by atoms with Crippen molar-refractivity contribution in [1.82, 2.24) is 5.32 Å². The predicted molar refractivity (Wildman–Crippen MR) is 61.8 cm³/mol. The monoisotopic (exact) mass is 226 g/mol. The summed E-state index contributed by atoms with van der Waals surface area (Å²) >= 11 is 5.93. The van der Waals surface area contributed by atoms with Crippen molar-refractivity contribution in [2.24, 2.45) is 5.73 Å². The van der Waals surface area contributed by atoms with Gasteiger partial charge in [-0.2, -0.15) is 0 Å². The van der Waals surface area contributed by atoms with Crippen LogP contribution in [0.4, 0.5) is 0 Å². The summed E-state index contributed by atoms with van der Waals surface area (Å²) in [6.45, 7) is 2.33. The molecule has 1 atom stereocenters. The van der Waals surface area contributed by atoms with Crippen LogP contribution in [0.1, 0.15) is 12.5 Å². The molecule has 0 aliphatic heterocycles. The lowest BCUT2D eigenvalue weighted by atomic mass is 10.1. The van der Waals surface area contributed by atoms with Gasteiger partial charge in [-0.25, -0.2) is 0 Å². The number of nitrogens with one attached hydrogen (secondary N) is 1. The Labute approximate surface area is 94.6 Å². The number of nitrogens with two attached hydrogens (primary N) is 1. The molecule has 0 aliphatic rings. The number of halogens is 1. The Kier molecular flexibility index (Phi) is 4.59. The molecule has 0 bridgehead atoms. The Hall–Kier alpha value is -1.06. The van der Waals surface area contributed by atoms with Crippen LogP contribution in [0.15, 0.2) is 24.3 Å². The maximum atomic E-state index is 11.4. The standard InChI is InChI=1S/C11H15ClN2O/c1-8(13)7-14-11(15)6-9-4-2-3-5-10(9)12/h2-5,8H,6-7,13H2,1H3,(H,14,15). The normalized spacial score (nSPS) is 12.2. The molecule has 1 unspecified atom stereocenters. The second-order valence-corrected chi connectivity index (χ2v) is 3.96. The quantitative estimate of drug-likeness (QED) is 0.814. The fourth-order valence-electron chi connectivity index (χ4n) is 1.15. The van der Waals surface area contributed by atoms with E-state index in [9.17, 15) is 4.79 Å². The molecule has 0 fully saturated rings. The molecule has 0 saturated heterocycles. The average Bonchev–Trinajstić information content (AvgIpc) is 2.18. The zero-order chi connectivity index (χ0) is 11.3. The SMILES string of the molecule is CC(N)CNC(=O)Cc1ccccc1Cl. The number of carbonyl (C=O) groups excluding carboxylic acids is 1. The van der Waals surface area contributed by atoms with Gasteiger partial charge in [-0.1, -0.05) is 29.8 Å². The lowest BCUT2D eigenvalue weighted by molar-refractivity contribution is -0.120. The molecular formula is C11H15ClN2O. The molecular weight excluding hydrogens is 212 g/mol. The third-order valence-corrected chi connectivity index (χ3v) is 2.30. The van der Waals surface area contributed by atoms with Gasteiger partial charge in [0.05, 0.1) is 6.42 Å². The molecule has 0 aromatic heterocycles. The van der Waals surface area contributed by atoms with Crippen LogP contribution in [0.25, 0.3) is 0 Å². The molecule has 1 rings (SSSR count). The Morgan fingerprint density at radius 1 is 1.53 bits per heavy atom. The average molecular weight is 227 g/mol. The largest absolute Gasteiger partial charge is 0.354 e. The number of hydrogen-bond donors (Lipinski definition) is 2. The van der Waals surface area contributed by atoms with Crippen LogP contribution in [0, 0.1) is 0 Å². The van der Waals surface area contributed by atoms with Gasteiger partial charge in [-0.05, 0) is 18.6 Å². The number of hydrogen-bond acceptors (Lipinski definition) is 2. The number of carbonyl (C=O) groups is 1. The minimum Gasteiger partial charge on any atom is -0.354 e. The summed E-state index contributed by atoms with van der Waals surface area (Å²) in [4.78, 5) is 11.4. The topological polar surface area (TPSA) is 55.1 Å². The summed E-state index contributed by atoms with van der Waals surface area (Å²) in [5, 5.41) is 3.35. The van der Waals surface area contributed by atoms with E-state index in [1.165, 1.54) is 0 Å². The van der Waals surface area contributed by atoms with Crippen LogP contribution in [0.2, 0.25) is 5.02 Å². The van der Waals surface area contributed by atoms with Gasteiger partial charge in [0.1, 0.15) is 0 Å². The zero-order valence-corrected chi connectivity index (χ0v) is 9.42. The highest BCUT2D eigenvalue weighted by Crippen LogP contribution is 2.14. The molecule has 15 heavy (non-hydrogen) atoms. The van der Waals surface area contributed by atoms with Gasteiger partial charge in [-0.3, -0.25) is 4.79 Å². The molecule has 3 N–H and O–H groups in total. The van der Waals surface area contributed by atoms with Crippen LogP contribution >= 0.6 is 11.6 Å². The van der Waals surface area contributed by atoms with Gasteiger partial charge >= 0.3 is 0 Å². The summed E-state index contributed by atoms with van der Waals surface area (Å²) in [5.74, 6) is -0.0552. The Morgan fingerprint density at radius 3 is 2.80 bits per heavy atom. The Morgan fingerprint density at radius 2 is 2.20 bits per heavy atom. The van der Waals surface area contributed by atoms with Crippen molar-refractivity contribution in [2.75, 3.05) is 6.54 Å². The van der Waals surface area contributed by atoms with Crippen LogP contribution in [0.5, 0.6) is 0 Å². The fourth-order valence-corrected chi connectivity index (χ4v) is 1.35. The Balaban J connectivity index is 2.48. The van der Waals surface area contributed by atoms with E-state index in [-0.39, 0.29) is 11.9 Å². The maximum Gasteiger partial charge on any atom is 0.224 e. The maximum absolute atomic E-state index is 11.4. The van der Waals surface area contributed by atoms with Crippen molar-refractivity contribution in [3.05, 3.63) is 34.9 Å². The molecule has 1 aromatic rings. The smallest absolute Gasteiger partial charge is 0.224 e. The van der Waals surface area contributed by atoms with Gasteiger partial charge in [0.15, 0.2) is 0 Å². The lowest BCUT2D eigenvalue weighted by Crippen LogP contribution is -2.35. The van der Waals surface area contributed by atoms with Crippen molar-refractivity contribution >= 4 is 17.5 Å². The van der Waals surface area contributed by atoms with Gasteiger partial charge in [0.25, 0.3) is 0 Å². The van der Waals surface area contributed by atoms with E-state index in [4.69, 9.17) is 17.3 Å². The van der Waals surface area contributed by atoms with Crippen molar-refractivity contribution in [3.8, 4) is 0 Å². The zero-order valence-electron chi connectivity index (χ0n) is 8.66. The first-order chi connectivity index (χ1) is 7.09. The third-order valence-electron chi connectivity index (χ3n) is 1.93. The summed E-state index contributed by atoms with van der Waals surface area (Å²) in [6, 6.07) is 7.29. The molecule has 0 aliphatic carbocycles. The molecule has 1 amide bonds. The summed E-state index contributed by atoms with van der Waals surface area (Å²) in [7, 11) is 0. The number of rotatable bonds is 4. The molecule has 0 spiro atoms. The van der Waals surface area contributed by atoms with E-state index < -0.39 is 0 Å². The summed E-state index contributed by atoms with van der Waals surface area (Å²) < 4.78 is 0. The minimum atomic E-state index is -0.0552. The molecule has 82 valence electrons. The van der Waals surface area contributed by atoms with E-state index >= 15 is 0 Å². The second kappa shape index (κ2) is 5.73. The first-order valence-corrected chi connectivity index (χ1v) is 5.23. The minimum absolute atomic E-state index is 0.0276. The van der Waals surface area contributed by atoms with Gasteiger partial charge < -0.3 is 11.1 Å². The van der Waals surface area contributed by atoms with E-state index in [2.05, 4.69) is 5.32 Å². The first-order valence-electron chi connectivity index (χ1n) is 4.85. The third kappa shape index (κ3) is 4.32. The Bertz CT molecular complexity index is 339. The molecule has 0 radical (unpaired) electrons. The number of amides is 1. The van der Waals surface area contributed by atoms with Gasteiger partial charge in [0.2, 0.25) is 5.91 Å². The van der Waals surface area contributed by atoms with Gasteiger partial charge in [-0.15, -0.1) is 0 Å². The van der Waals surface area contributed by atoms with E-state index in [0.29, 0.717) is 18.0 Å². The summed E-state index contributed by atoms with van der Waals surface area (Å²) in [6.07, 6.45) is 0.298. The van der Waals surface area contributed by atoms with Crippen molar-refractivity contribution in [2.45, 2.75) is 19.4 Å². The highest BCUT2D eigenvalue weighted by atomic mass is 35.5. The van der Waals surface area contributed by atoms with Crippen molar-refractivity contribution < 1.29 is 4.79 Å². The van der Waals surface area contributed by atoms with Crippen molar-refractivity contribution in [1.29, 1.82) is 0 Å². The number of benzene rings is 1. The molecule has 4 heteroatoms. The highest BCUT2D eigenvalue weighted by Gasteiger charge is 2.06. The molecule has 0 heterocycles. The molecule has 1 aromatic carbocycles.